The molecule has 1 fully saturated rings. The summed E-state index contributed by atoms with van der Waals surface area (Å²) in [6.07, 6.45) is 3.81. The summed E-state index contributed by atoms with van der Waals surface area (Å²) < 4.78 is 0. The van der Waals surface area contributed by atoms with Crippen molar-refractivity contribution in [1.29, 1.82) is 0 Å². The van der Waals surface area contributed by atoms with Crippen molar-refractivity contribution in [2.24, 2.45) is 5.92 Å². The Bertz CT molecular complexity index is 700. The second-order valence-electron chi connectivity index (χ2n) is 6.88. The van der Waals surface area contributed by atoms with Gasteiger partial charge in [-0.1, -0.05) is 26.0 Å². The van der Waals surface area contributed by atoms with Crippen LogP contribution in [0.2, 0.25) is 0 Å². The lowest BCUT2D eigenvalue weighted by atomic mass is 9.97. The number of β-amino-alcohol motifs (C(OH)–C–C–N with tert-alkyl or cyclic N) is 1. The molecule has 0 bridgehead atoms. The molecule has 1 aliphatic heterocycles. The minimum absolute atomic E-state index is 0.00813. The molecule has 1 saturated heterocycles. The van der Waals surface area contributed by atoms with E-state index in [0.717, 1.165) is 17.5 Å². The number of hydrogen-bond acceptors (Lipinski definition) is 3. The van der Waals surface area contributed by atoms with Crippen LogP contribution in [0.4, 0.5) is 0 Å². The molecule has 126 valence electrons. The van der Waals surface area contributed by atoms with E-state index in [2.05, 4.69) is 18.8 Å². The maximum absolute atomic E-state index is 12.8. The number of rotatable bonds is 4. The van der Waals surface area contributed by atoms with E-state index in [1.165, 1.54) is 0 Å². The van der Waals surface area contributed by atoms with Crippen LogP contribution in [0.25, 0.3) is 0 Å². The third kappa shape index (κ3) is 3.65. The third-order valence-electron chi connectivity index (χ3n) is 4.74. The molecule has 2 heterocycles. The van der Waals surface area contributed by atoms with E-state index in [1.807, 2.05) is 36.4 Å². The smallest absolute Gasteiger partial charge is 0.253 e. The molecule has 24 heavy (non-hydrogen) atoms. The van der Waals surface area contributed by atoms with E-state index in [-0.39, 0.29) is 11.8 Å². The molecule has 4 nitrogen and oxygen atoms in total. The van der Waals surface area contributed by atoms with Gasteiger partial charge in [-0.3, -0.25) is 9.78 Å². The van der Waals surface area contributed by atoms with Crippen molar-refractivity contribution in [3.8, 4) is 0 Å². The zero-order chi connectivity index (χ0) is 17.1. The molecule has 1 aromatic carbocycles. The van der Waals surface area contributed by atoms with Gasteiger partial charge in [-0.05, 0) is 47.7 Å². The first-order valence-electron chi connectivity index (χ1n) is 8.51. The highest BCUT2D eigenvalue weighted by atomic mass is 16.3. The highest BCUT2D eigenvalue weighted by molar-refractivity contribution is 5.94. The number of aliphatic hydroxyl groups excluding tert-OH is 1. The van der Waals surface area contributed by atoms with E-state index < -0.39 is 6.10 Å². The van der Waals surface area contributed by atoms with E-state index in [1.54, 1.807) is 17.3 Å². The Kier molecular flexibility index (Phi) is 4.95. The summed E-state index contributed by atoms with van der Waals surface area (Å²) in [5.41, 5.74) is 3.01. The van der Waals surface area contributed by atoms with Gasteiger partial charge in [0.05, 0.1) is 6.10 Å². The number of nitrogens with zero attached hydrogens (tertiary/aromatic N) is 2. The number of hydrogen-bond donors (Lipinski definition) is 1. The van der Waals surface area contributed by atoms with Crippen molar-refractivity contribution >= 4 is 5.91 Å². The fraction of sp³-hybridized carbons (Fsp3) is 0.400. The number of aromatic nitrogens is 1. The fourth-order valence-electron chi connectivity index (χ4n) is 3.26. The van der Waals surface area contributed by atoms with Gasteiger partial charge in [0.2, 0.25) is 0 Å². The van der Waals surface area contributed by atoms with Crippen LogP contribution in [-0.4, -0.2) is 40.1 Å². The number of benzene rings is 1. The summed E-state index contributed by atoms with van der Waals surface area (Å²) in [5.74, 6) is 0.472. The lowest BCUT2D eigenvalue weighted by molar-refractivity contribution is 0.0764. The maximum Gasteiger partial charge on any atom is 0.253 e. The summed E-state index contributed by atoms with van der Waals surface area (Å²) in [6.45, 7) is 5.23. The van der Waals surface area contributed by atoms with Gasteiger partial charge in [-0.2, -0.15) is 0 Å². The minimum atomic E-state index is -0.476. The summed E-state index contributed by atoms with van der Waals surface area (Å²) >= 11 is 0. The van der Waals surface area contributed by atoms with Crippen LogP contribution in [0.5, 0.6) is 0 Å². The van der Waals surface area contributed by atoms with Crippen molar-refractivity contribution in [2.45, 2.75) is 32.3 Å². The molecule has 0 radical (unpaired) electrons. The summed E-state index contributed by atoms with van der Waals surface area (Å²) in [7, 11) is 0. The minimum Gasteiger partial charge on any atom is -0.391 e. The summed E-state index contributed by atoms with van der Waals surface area (Å²) in [5, 5.41) is 10.3. The molecule has 1 N–H and O–H groups in total. The molecule has 3 rings (SSSR count). The van der Waals surface area contributed by atoms with Gasteiger partial charge < -0.3 is 10.0 Å². The molecule has 0 spiro atoms. The molecule has 0 unspecified atom stereocenters. The number of carbonyl (C=O) groups is 1. The van der Waals surface area contributed by atoms with Gasteiger partial charge in [0.1, 0.15) is 0 Å². The first-order valence-corrected chi connectivity index (χ1v) is 8.51. The molecule has 1 amide bonds. The van der Waals surface area contributed by atoms with E-state index in [0.29, 0.717) is 24.6 Å². The number of pyridine rings is 1. The van der Waals surface area contributed by atoms with Crippen molar-refractivity contribution in [3.63, 3.8) is 0 Å². The Balaban J connectivity index is 1.70. The average molecular weight is 324 g/mol. The monoisotopic (exact) mass is 324 g/mol. The Hall–Kier alpha value is -2.20. The molecule has 1 aliphatic rings. The largest absolute Gasteiger partial charge is 0.391 e. The third-order valence-corrected chi connectivity index (χ3v) is 4.74. The van der Waals surface area contributed by atoms with Crippen LogP contribution in [0.3, 0.4) is 0 Å². The Morgan fingerprint density at radius 2 is 2.00 bits per heavy atom. The van der Waals surface area contributed by atoms with Crippen LogP contribution < -0.4 is 0 Å². The van der Waals surface area contributed by atoms with Crippen LogP contribution >= 0.6 is 0 Å². The van der Waals surface area contributed by atoms with Gasteiger partial charge in [-0.25, -0.2) is 0 Å². The van der Waals surface area contributed by atoms with Crippen molar-refractivity contribution in [3.05, 3.63) is 65.5 Å². The number of carbonyl (C=O) groups excluding carboxylic acids is 1. The molecule has 4 heteroatoms. The predicted molar refractivity (Wildman–Crippen MR) is 93.9 cm³/mol. The van der Waals surface area contributed by atoms with Gasteiger partial charge in [0.15, 0.2) is 0 Å². The van der Waals surface area contributed by atoms with Crippen molar-refractivity contribution in [1.82, 2.24) is 9.88 Å². The van der Waals surface area contributed by atoms with E-state index >= 15 is 0 Å². The quantitative estimate of drug-likeness (QED) is 0.941. The van der Waals surface area contributed by atoms with Crippen LogP contribution in [-0.2, 0) is 6.42 Å². The molecule has 2 aromatic rings. The van der Waals surface area contributed by atoms with Crippen LogP contribution in [0.15, 0.2) is 48.8 Å². The van der Waals surface area contributed by atoms with Crippen molar-refractivity contribution in [2.75, 3.05) is 13.1 Å². The SMILES string of the molecule is CC(C)c1cccc(C(=O)N2C[C@@H](Cc3ccncc3)[C@H](O)C2)c1. The Morgan fingerprint density at radius 1 is 1.25 bits per heavy atom. The Labute approximate surface area is 143 Å². The zero-order valence-corrected chi connectivity index (χ0v) is 14.2. The Morgan fingerprint density at radius 3 is 2.71 bits per heavy atom. The van der Waals surface area contributed by atoms with Crippen molar-refractivity contribution < 1.29 is 9.90 Å². The van der Waals surface area contributed by atoms with Gasteiger partial charge in [0.25, 0.3) is 5.91 Å². The number of likely N-dealkylation sites (tertiary alicyclic amines) is 1. The topological polar surface area (TPSA) is 53.4 Å². The molecular weight excluding hydrogens is 300 g/mol. The van der Waals surface area contributed by atoms with Crippen LogP contribution in [0.1, 0.15) is 41.3 Å². The van der Waals surface area contributed by atoms with Crippen LogP contribution in [0, 0.1) is 5.92 Å². The second-order valence-corrected chi connectivity index (χ2v) is 6.88. The zero-order valence-electron chi connectivity index (χ0n) is 14.2. The molecule has 0 saturated carbocycles. The highest BCUT2D eigenvalue weighted by Gasteiger charge is 2.34. The number of aliphatic hydroxyl groups is 1. The second kappa shape index (κ2) is 7.14. The normalized spacial score (nSPS) is 20.6. The standard InChI is InChI=1S/C20H24N2O2/c1-14(2)16-4-3-5-17(11-16)20(24)22-12-18(19(23)13-22)10-15-6-8-21-9-7-15/h3-9,11,14,18-19,23H,10,12-13H2,1-2H3/t18-,19-/m1/s1. The van der Waals surface area contributed by atoms with Gasteiger partial charge in [-0.15, -0.1) is 0 Å². The lowest BCUT2D eigenvalue weighted by Crippen LogP contribution is -2.29. The molecule has 1 aromatic heterocycles. The fourth-order valence-corrected chi connectivity index (χ4v) is 3.26. The first kappa shape index (κ1) is 16.7. The predicted octanol–water partition coefficient (Wildman–Crippen LogP) is 2.88. The van der Waals surface area contributed by atoms with E-state index in [9.17, 15) is 9.90 Å². The molecular formula is C20H24N2O2. The first-order chi connectivity index (χ1) is 11.5. The van der Waals surface area contributed by atoms with E-state index in [4.69, 9.17) is 0 Å². The average Bonchev–Trinajstić information content (AvgIpc) is 2.96. The highest BCUT2D eigenvalue weighted by Crippen LogP contribution is 2.24. The molecule has 2 atom stereocenters. The maximum atomic E-state index is 12.8. The van der Waals surface area contributed by atoms with Gasteiger partial charge >= 0.3 is 0 Å². The van der Waals surface area contributed by atoms with Gasteiger partial charge in [0, 0.05) is 37.0 Å². The summed E-state index contributed by atoms with van der Waals surface area (Å²) in [6, 6.07) is 11.7. The molecule has 0 aliphatic carbocycles. The number of amides is 1. The lowest BCUT2D eigenvalue weighted by Gasteiger charge is -2.17. The summed E-state index contributed by atoms with van der Waals surface area (Å²) in [4.78, 5) is 18.6.